The van der Waals surface area contributed by atoms with Crippen LogP contribution >= 0.6 is 45.3 Å². The standard InChI is InChI=1S/C42H55N7O4SSi.C26H34IN7O3S/c1-26-24-54-38(45-26)42(25-44-39(50)52-40(2,3)4)30-19-20-48(23-31(30)42)33-22-43-36-35(47-49(37(36)46-33)34-16-12-13-21-51-34)29-17-18-32(28-15-11-10-14-27(28)29)53-55(8,9)41(5,6)7;1-15-13-38-23(29-15)26(14-33(24(35)36)25(2,3)4)16-8-9-32(12-17(16)26)18-11-28-20-21(27)31-34(22(20)30-18)19-7-5-6-10-37-19/h10-11,14-15,17-18,22,24,30-31,34H,12-13,16,19-21,23,25H2,1-9H3,(H,44,50);11,13,16-17,19H,5-10,12,14H2,1-4H3,(H,35,36). The van der Waals surface area contributed by atoms with Crippen LogP contribution < -0.4 is 19.5 Å². The van der Waals surface area contributed by atoms with E-state index in [9.17, 15) is 14.7 Å². The monoisotopic (exact) mass is 1430 g/mol. The van der Waals surface area contributed by atoms with E-state index in [4.69, 9.17) is 58.7 Å². The number of nitrogens with one attached hydrogen (secondary N) is 1. The molecule has 25 heteroatoms. The van der Waals surface area contributed by atoms with Crippen molar-refractivity contribution in [1.82, 2.24) is 59.7 Å². The summed E-state index contributed by atoms with van der Waals surface area (Å²) < 4.78 is 29.6. The molecule has 496 valence electrons. The van der Waals surface area contributed by atoms with Gasteiger partial charge in [-0.15, -0.1) is 22.7 Å². The summed E-state index contributed by atoms with van der Waals surface area (Å²) >= 11 is 5.58. The Labute approximate surface area is 567 Å². The second-order valence-corrected chi connectivity index (χ2v) is 37.4. The maximum absolute atomic E-state index is 12.8. The van der Waals surface area contributed by atoms with E-state index in [1.807, 2.05) is 77.1 Å². The largest absolute Gasteiger partial charge is 0.543 e. The van der Waals surface area contributed by atoms with Crippen LogP contribution in [0.15, 0.2) is 59.6 Å². The number of anilines is 2. The number of thiazole rings is 2. The Bertz CT molecular complexity index is 4110. The lowest BCUT2D eigenvalue weighted by Gasteiger charge is -2.36. The molecule has 6 aliphatic rings. The summed E-state index contributed by atoms with van der Waals surface area (Å²) in [7, 11) is -2.08. The van der Waals surface area contributed by atoms with Gasteiger partial charge in [0.25, 0.3) is 8.32 Å². The summed E-state index contributed by atoms with van der Waals surface area (Å²) in [6.45, 7) is 32.6. The van der Waals surface area contributed by atoms with Crippen molar-refractivity contribution in [2.45, 2.75) is 180 Å². The number of halogens is 1. The molecule has 6 fully saturated rings. The first-order valence-corrected chi connectivity index (χ1v) is 38.8. The second-order valence-electron chi connectivity index (χ2n) is 30.0. The van der Waals surface area contributed by atoms with Crippen molar-refractivity contribution in [3.63, 3.8) is 0 Å². The molecular weight excluding hydrogens is 1340 g/mol. The van der Waals surface area contributed by atoms with E-state index in [0.29, 0.717) is 43.4 Å². The van der Waals surface area contributed by atoms with E-state index in [0.717, 1.165) is 171 Å². The van der Waals surface area contributed by atoms with E-state index in [1.165, 1.54) is 0 Å². The van der Waals surface area contributed by atoms with Gasteiger partial charge in [0, 0.05) is 102 Å². The van der Waals surface area contributed by atoms with Gasteiger partial charge in [-0.25, -0.2) is 48.9 Å². The Morgan fingerprint density at radius 3 is 1.81 bits per heavy atom. The zero-order valence-electron chi connectivity index (χ0n) is 56.0. The average Bonchev–Trinajstić information content (AvgIpc) is 1.53. The fourth-order valence-corrected chi connectivity index (χ4v) is 18.5. The minimum Gasteiger partial charge on any atom is -0.543 e. The molecule has 2 aromatic carbocycles. The molecule has 0 spiro atoms. The normalized spacial score (nSPS) is 24.9. The molecule has 6 aromatic heterocycles. The third kappa shape index (κ3) is 12.5. The summed E-state index contributed by atoms with van der Waals surface area (Å²) in [6, 6.07) is 12.7. The van der Waals surface area contributed by atoms with Crippen molar-refractivity contribution < 1.29 is 33.3 Å². The second kappa shape index (κ2) is 24.8. The topological polar surface area (TPSA) is 226 Å². The summed E-state index contributed by atoms with van der Waals surface area (Å²) in [5, 5.41) is 31.8. The molecule has 0 bridgehead atoms. The molecule has 4 aliphatic heterocycles. The first kappa shape index (κ1) is 65.5. The molecule has 93 heavy (non-hydrogen) atoms. The van der Waals surface area contributed by atoms with Crippen molar-refractivity contribution in [3.8, 4) is 17.0 Å². The highest BCUT2D eigenvalue weighted by Crippen LogP contribution is 2.66. The Hall–Kier alpha value is -6.13. The highest BCUT2D eigenvalue weighted by atomic mass is 127. The molecule has 10 heterocycles. The van der Waals surface area contributed by atoms with Gasteiger partial charge in [-0.2, -0.15) is 10.2 Å². The molecule has 2 N–H and O–H groups in total. The fraction of sp³-hybridized carbons (Fsp3) is 0.588. The number of benzene rings is 2. The first-order chi connectivity index (χ1) is 44.1. The Kier molecular flexibility index (Phi) is 17.5. The molecule has 21 nitrogen and oxygen atoms in total. The molecule has 14 rings (SSSR count). The lowest BCUT2D eigenvalue weighted by molar-refractivity contribution is -0.0372. The number of aromatic nitrogens is 10. The van der Waals surface area contributed by atoms with Crippen LogP contribution in [0.3, 0.4) is 0 Å². The Balaban J connectivity index is 0.000000181. The van der Waals surface area contributed by atoms with Crippen molar-refractivity contribution in [2.24, 2.45) is 23.7 Å². The van der Waals surface area contributed by atoms with E-state index >= 15 is 0 Å². The average molecular weight is 1430 g/mol. The number of carboxylic acid groups (broad SMARTS) is 1. The lowest BCUT2D eigenvalue weighted by Crippen LogP contribution is -2.49. The zero-order valence-corrected chi connectivity index (χ0v) is 60.7. The van der Waals surface area contributed by atoms with Gasteiger partial charge >= 0.3 is 12.2 Å². The highest BCUT2D eigenvalue weighted by Gasteiger charge is 2.70. The van der Waals surface area contributed by atoms with Crippen LogP contribution in [0.25, 0.3) is 44.4 Å². The number of carbonyl (C=O) groups excluding carboxylic acids is 1. The number of aryl methyl sites for hydroxylation is 2. The van der Waals surface area contributed by atoms with E-state index in [-0.39, 0.29) is 28.3 Å². The minimum atomic E-state index is -2.08. The maximum atomic E-state index is 12.8. The van der Waals surface area contributed by atoms with E-state index in [2.05, 4.69) is 119 Å². The number of nitrogens with zero attached hydrogens (tertiary/aromatic N) is 13. The fourth-order valence-electron chi connectivity index (χ4n) is 14.6. The van der Waals surface area contributed by atoms with Gasteiger partial charge in [0.2, 0.25) is 0 Å². The number of ether oxygens (including phenoxy) is 3. The summed E-state index contributed by atoms with van der Waals surface area (Å²) in [5.41, 5.74) is 5.28. The van der Waals surface area contributed by atoms with Gasteiger partial charge < -0.3 is 43.8 Å². The number of hydrogen-bond donors (Lipinski definition) is 2. The molecule has 8 aromatic rings. The van der Waals surface area contributed by atoms with Gasteiger partial charge in [0.05, 0.1) is 12.4 Å². The van der Waals surface area contributed by atoms with E-state index in [1.54, 1.807) is 27.6 Å². The molecule has 8 atom stereocenters. The maximum Gasteiger partial charge on any atom is 0.407 e. The van der Waals surface area contributed by atoms with Gasteiger partial charge in [-0.3, -0.25) is 0 Å². The molecule has 2 aliphatic carbocycles. The van der Waals surface area contributed by atoms with Crippen LogP contribution in [0.4, 0.5) is 21.2 Å². The number of rotatable bonds is 13. The number of piperidine rings is 2. The number of alkyl carbamates (subject to hydrolysis) is 1. The molecule has 2 amide bonds. The van der Waals surface area contributed by atoms with Crippen LogP contribution in [0.2, 0.25) is 18.1 Å². The van der Waals surface area contributed by atoms with E-state index < -0.39 is 31.6 Å². The van der Waals surface area contributed by atoms with Gasteiger partial charge in [0.15, 0.2) is 27.5 Å². The number of hydrogen-bond acceptors (Lipinski definition) is 18. The summed E-state index contributed by atoms with van der Waals surface area (Å²) in [4.78, 5) is 61.6. The Morgan fingerprint density at radius 2 is 1.27 bits per heavy atom. The minimum absolute atomic E-state index is 0.0716. The molecular formula is C68H89IN14O7S2Si. The number of amides is 2. The smallest absolute Gasteiger partial charge is 0.407 e. The highest BCUT2D eigenvalue weighted by molar-refractivity contribution is 14.1. The SMILES string of the molecule is Cc1csc(C2(CN(C(=O)O)C(C)(C)C)C3CCN(c4cnc5c(I)nn(C6CCCCO6)c5n4)CC32)n1.Cc1csc(C2(CNC(=O)OC(C)(C)C)C3CCN(c4cnc5c(-c6ccc(O[Si](C)(C)C(C)(C)C)c7ccccc67)nn(C6CCCCO6)c5n4)CC32)n1. The van der Waals surface area contributed by atoms with Crippen LogP contribution in [0, 0.1) is 41.2 Å². The molecule has 8 unspecified atom stereocenters. The number of fused-ring (bicyclic) bond motifs is 5. The van der Waals surface area contributed by atoms with Crippen LogP contribution in [-0.2, 0) is 25.0 Å². The number of carbonyl (C=O) groups is 2. The van der Waals surface area contributed by atoms with Crippen LogP contribution in [0.1, 0.15) is 148 Å². The molecule has 2 saturated carbocycles. The Morgan fingerprint density at radius 1 is 0.720 bits per heavy atom. The van der Waals surface area contributed by atoms with Crippen molar-refractivity contribution in [1.29, 1.82) is 0 Å². The quantitative estimate of drug-likeness (QED) is 0.0808. The molecule has 0 radical (unpaired) electrons. The predicted octanol–water partition coefficient (Wildman–Crippen LogP) is 14.5. The zero-order chi connectivity index (χ0) is 65.7. The molecule has 4 saturated heterocycles. The summed E-state index contributed by atoms with van der Waals surface area (Å²) in [6.07, 6.45) is 10.2. The van der Waals surface area contributed by atoms with Gasteiger partial charge in [0.1, 0.15) is 49.7 Å². The van der Waals surface area contributed by atoms with Crippen LogP contribution in [0.5, 0.6) is 5.75 Å². The lowest BCUT2D eigenvalue weighted by atomic mass is 9.97. The van der Waals surface area contributed by atoms with Gasteiger partial charge in [-0.1, -0.05) is 45.0 Å². The van der Waals surface area contributed by atoms with Crippen molar-refractivity contribution >= 4 is 111 Å². The van der Waals surface area contributed by atoms with Gasteiger partial charge in [-0.05, 0) is 189 Å². The third-order valence-electron chi connectivity index (χ3n) is 20.6. The third-order valence-corrected chi connectivity index (χ3v) is 28.0. The predicted molar refractivity (Wildman–Crippen MR) is 375 cm³/mol. The van der Waals surface area contributed by atoms with Crippen molar-refractivity contribution in [2.75, 3.05) is 62.3 Å². The van der Waals surface area contributed by atoms with Crippen LogP contribution in [-0.4, -0.2) is 144 Å². The van der Waals surface area contributed by atoms with Crippen molar-refractivity contribution in [3.05, 3.63) is 84.7 Å². The first-order valence-electron chi connectivity index (χ1n) is 33.1. The summed E-state index contributed by atoms with van der Waals surface area (Å²) in [5.74, 6) is 3.99.